The van der Waals surface area contributed by atoms with E-state index in [9.17, 15) is 4.79 Å². The molecule has 0 fully saturated rings. The fourth-order valence-corrected chi connectivity index (χ4v) is 2.55. The van der Waals surface area contributed by atoms with Crippen molar-refractivity contribution < 1.29 is 9.32 Å². The normalized spacial score (nSPS) is 14.4. The maximum Gasteiger partial charge on any atom is 0.280 e. The van der Waals surface area contributed by atoms with E-state index in [1.54, 1.807) is 11.0 Å². The smallest absolute Gasteiger partial charge is 0.280 e. The lowest BCUT2D eigenvalue weighted by molar-refractivity contribution is 0.0976. The largest absolute Gasteiger partial charge is 0.360 e. The standard InChI is InChI=1S/C16H18N2O2/c1-11(2)15-10-13(17-20-15)16(19)18-9-5-7-12-6-3-4-8-14(12)18/h3-4,6,8,10-11H,5,7,9H2,1-2H3. The highest BCUT2D eigenvalue weighted by molar-refractivity contribution is 6.05. The molecule has 2 heterocycles. The molecular weight excluding hydrogens is 252 g/mol. The van der Waals surface area contributed by atoms with Crippen molar-refractivity contribution in [2.45, 2.75) is 32.6 Å². The molecule has 0 saturated heterocycles. The minimum atomic E-state index is -0.0761. The molecule has 104 valence electrons. The predicted molar refractivity (Wildman–Crippen MR) is 77.0 cm³/mol. The summed E-state index contributed by atoms with van der Waals surface area (Å²) in [5, 5.41) is 3.92. The van der Waals surface area contributed by atoms with Crippen LogP contribution in [0.15, 0.2) is 34.9 Å². The number of aromatic nitrogens is 1. The molecule has 0 unspecified atom stereocenters. The van der Waals surface area contributed by atoms with Crippen LogP contribution < -0.4 is 4.90 Å². The van der Waals surface area contributed by atoms with Gasteiger partial charge in [0.1, 0.15) is 5.76 Å². The number of rotatable bonds is 2. The summed E-state index contributed by atoms with van der Waals surface area (Å²) < 4.78 is 5.23. The number of aryl methyl sites for hydroxylation is 1. The van der Waals surface area contributed by atoms with Gasteiger partial charge in [-0.25, -0.2) is 0 Å². The van der Waals surface area contributed by atoms with Crippen molar-refractivity contribution in [1.82, 2.24) is 5.16 Å². The number of para-hydroxylation sites is 1. The van der Waals surface area contributed by atoms with E-state index in [4.69, 9.17) is 4.52 Å². The molecule has 1 aromatic heterocycles. The van der Waals surface area contributed by atoms with Crippen molar-refractivity contribution >= 4 is 11.6 Å². The third-order valence-corrected chi connectivity index (χ3v) is 3.67. The molecule has 1 aliphatic heterocycles. The Balaban J connectivity index is 1.91. The number of hydrogen-bond donors (Lipinski definition) is 0. The summed E-state index contributed by atoms with van der Waals surface area (Å²) in [5.74, 6) is 0.907. The van der Waals surface area contributed by atoms with Gasteiger partial charge in [0.2, 0.25) is 0 Å². The fourth-order valence-electron chi connectivity index (χ4n) is 2.55. The van der Waals surface area contributed by atoms with E-state index in [1.807, 2.05) is 32.0 Å². The SMILES string of the molecule is CC(C)c1cc(C(=O)N2CCCc3ccccc32)no1. The quantitative estimate of drug-likeness (QED) is 0.840. The van der Waals surface area contributed by atoms with Crippen LogP contribution in [0.4, 0.5) is 5.69 Å². The second-order valence-corrected chi connectivity index (χ2v) is 5.46. The van der Waals surface area contributed by atoms with Gasteiger partial charge in [-0.15, -0.1) is 0 Å². The second kappa shape index (κ2) is 5.12. The average Bonchev–Trinajstić information content (AvgIpc) is 2.96. The van der Waals surface area contributed by atoms with Gasteiger partial charge in [-0.1, -0.05) is 37.2 Å². The van der Waals surface area contributed by atoms with E-state index < -0.39 is 0 Å². The summed E-state index contributed by atoms with van der Waals surface area (Å²) in [6.45, 7) is 4.77. The molecule has 1 amide bonds. The van der Waals surface area contributed by atoms with Gasteiger partial charge >= 0.3 is 0 Å². The summed E-state index contributed by atoms with van der Waals surface area (Å²) in [5.41, 5.74) is 2.61. The Morgan fingerprint density at radius 2 is 2.15 bits per heavy atom. The molecule has 1 aromatic carbocycles. The van der Waals surface area contributed by atoms with Gasteiger partial charge in [-0.3, -0.25) is 4.79 Å². The maximum absolute atomic E-state index is 12.6. The van der Waals surface area contributed by atoms with Gasteiger partial charge in [0.25, 0.3) is 5.91 Å². The third-order valence-electron chi connectivity index (χ3n) is 3.67. The molecular formula is C16H18N2O2. The Kier molecular flexibility index (Phi) is 3.30. The number of nitrogens with zero attached hydrogens (tertiary/aromatic N) is 2. The predicted octanol–water partition coefficient (Wildman–Crippen LogP) is 3.39. The molecule has 0 spiro atoms. The van der Waals surface area contributed by atoms with Crippen molar-refractivity contribution in [2.24, 2.45) is 0 Å². The number of benzene rings is 1. The Morgan fingerprint density at radius 1 is 1.35 bits per heavy atom. The first-order valence-corrected chi connectivity index (χ1v) is 7.03. The van der Waals surface area contributed by atoms with Crippen LogP contribution in [0.25, 0.3) is 0 Å². The molecule has 0 radical (unpaired) electrons. The molecule has 0 N–H and O–H groups in total. The first-order valence-electron chi connectivity index (χ1n) is 7.03. The number of carbonyl (C=O) groups excluding carboxylic acids is 1. The minimum absolute atomic E-state index is 0.0761. The van der Waals surface area contributed by atoms with Crippen molar-refractivity contribution in [3.05, 3.63) is 47.3 Å². The zero-order valence-corrected chi connectivity index (χ0v) is 11.8. The van der Waals surface area contributed by atoms with Crippen molar-refractivity contribution in [3.8, 4) is 0 Å². The molecule has 4 heteroatoms. The summed E-state index contributed by atoms with van der Waals surface area (Å²) in [6.07, 6.45) is 2.01. The maximum atomic E-state index is 12.6. The van der Waals surface area contributed by atoms with Gasteiger partial charge in [0.05, 0.1) is 0 Å². The van der Waals surface area contributed by atoms with Crippen LogP contribution in [0.5, 0.6) is 0 Å². The summed E-state index contributed by atoms with van der Waals surface area (Å²) in [4.78, 5) is 14.4. The lowest BCUT2D eigenvalue weighted by Gasteiger charge is -2.28. The minimum Gasteiger partial charge on any atom is -0.360 e. The summed E-state index contributed by atoms with van der Waals surface area (Å²) in [7, 11) is 0. The average molecular weight is 270 g/mol. The first kappa shape index (κ1) is 12.9. The van der Waals surface area contributed by atoms with Crippen LogP contribution in [0.1, 0.15) is 48.0 Å². The molecule has 0 atom stereocenters. The van der Waals surface area contributed by atoms with E-state index in [0.717, 1.165) is 30.8 Å². The van der Waals surface area contributed by atoms with E-state index in [-0.39, 0.29) is 11.8 Å². The van der Waals surface area contributed by atoms with Gasteiger partial charge in [0.15, 0.2) is 5.69 Å². The topological polar surface area (TPSA) is 46.3 Å². The molecule has 4 nitrogen and oxygen atoms in total. The van der Waals surface area contributed by atoms with Gasteiger partial charge < -0.3 is 9.42 Å². The van der Waals surface area contributed by atoms with Crippen LogP contribution in [0.3, 0.4) is 0 Å². The number of fused-ring (bicyclic) bond motifs is 1. The first-order chi connectivity index (χ1) is 9.66. The monoisotopic (exact) mass is 270 g/mol. The van der Waals surface area contributed by atoms with Crippen molar-refractivity contribution in [2.75, 3.05) is 11.4 Å². The molecule has 3 rings (SSSR count). The third kappa shape index (κ3) is 2.22. The fraction of sp³-hybridized carbons (Fsp3) is 0.375. The molecule has 2 aromatic rings. The van der Waals surface area contributed by atoms with Crippen molar-refractivity contribution in [1.29, 1.82) is 0 Å². The highest BCUT2D eigenvalue weighted by Crippen LogP contribution is 2.28. The van der Waals surface area contributed by atoms with Crippen LogP contribution in [-0.2, 0) is 6.42 Å². The lowest BCUT2D eigenvalue weighted by Crippen LogP contribution is -2.35. The second-order valence-electron chi connectivity index (χ2n) is 5.46. The van der Waals surface area contributed by atoms with Gasteiger partial charge in [0, 0.05) is 24.2 Å². The van der Waals surface area contributed by atoms with Crippen LogP contribution >= 0.6 is 0 Å². The van der Waals surface area contributed by atoms with E-state index in [2.05, 4.69) is 11.2 Å². The molecule has 20 heavy (non-hydrogen) atoms. The van der Waals surface area contributed by atoms with Gasteiger partial charge in [-0.05, 0) is 24.5 Å². The van der Waals surface area contributed by atoms with E-state index in [0.29, 0.717) is 5.69 Å². The molecule has 1 aliphatic rings. The molecule has 0 bridgehead atoms. The number of amides is 1. The van der Waals surface area contributed by atoms with Crippen LogP contribution in [0.2, 0.25) is 0 Å². The van der Waals surface area contributed by atoms with Crippen LogP contribution in [-0.4, -0.2) is 17.6 Å². The summed E-state index contributed by atoms with van der Waals surface area (Å²) >= 11 is 0. The molecule has 0 aliphatic carbocycles. The van der Waals surface area contributed by atoms with Crippen molar-refractivity contribution in [3.63, 3.8) is 0 Å². The highest BCUT2D eigenvalue weighted by Gasteiger charge is 2.25. The Labute approximate surface area is 118 Å². The Morgan fingerprint density at radius 3 is 2.90 bits per heavy atom. The number of hydrogen-bond acceptors (Lipinski definition) is 3. The summed E-state index contributed by atoms with van der Waals surface area (Å²) in [6, 6.07) is 9.81. The molecule has 0 saturated carbocycles. The lowest BCUT2D eigenvalue weighted by atomic mass is 10.0. The van der Waals surface area contributed by atoms with Gasteiger partial charge in [-0.2, -0.15) is 0 Å². The van der Waals surface area contributed by atoms with E-state index in [1.165, 1.54) is 5.56 Å². The highest BCUT2D eigenvalue weighted by atomic mass is 16.5. The van der Waals surface area contributed by atoms with E-state index >= 15 is 0 Å². The zero-order chi connectivity index (χ0) is 14.1. The zero-order valence-electron chi connectivity index (χ0n) is 11.8. The van der Waals surface area contributed by atoms with Crippen LogP contribution in [0, 0.1) is 0 Å². The number of anilines is 1. The Bertz CT molecular complexity index is 631. The Hall–Kier alpha value is -2.10. The number of carbonyl (C=O) groups is 1.